The number of aliphatic hydroxyl groups is 1. The molecule has 1 heterocycles. The average molecular weight is 394 g/mol. The van der Waals surface area contributed by atoms with Crippen LogP contribution in [0.4, 0.5) is 0 Å². The molecule has 3 heteroatoms. The molecule has 0 spiro atoms. The molecule has 2 fully saturated rings. The largest absolute Gasteiger partial charge is 0.389 e. The maximum absolute atomic E-state index is 10.8. The minimum absolute atomic E-state index is 0.152. The minimum Gasteiger partial charge on any atom is -0.389 e. The zero-order valence-corrected chi connectivity index (χ0v) is 18.1. The third kappa shape index (κ3) is 4.91. The maximum Gasteiger partial charge on any atom is 0.108 e. The molecule has 2 aliphatic rings. The Morgan fingerprint density at radius 3 is 2.14 bits per heavy atom. The second-order valence-electron chi connectivity index (χ2n) is 10.3. The summed E-state index contributed by atoms with van der Waals surface area (Å²) in [6, 6.07) is 21.2. The van der Waals surface area contributed by atoms with E-state index >= 15 is 0 Å². The zero-order chi connectivity index (χ0) is 20.5. The summed E-state index contributed by atoms with van der Waals surface area (Å²) in [5, 5.41) is 10.8. The summed E-state index contributed by atoms with van der Waals surface area (Å²) in [6.45, 7) is 9.35. The highest BCUT2D eigenvalue weighted by Crippen LogP contribution is 2.52. The first kappa shape index (κ1) is 20.6. The Bertz CT molecular complexity index is 751. The van der Waals surface area contributed by atoms with Gasteiger partial charge >= 0.3 is 0 Å². The minimum atomic E-state index is -0.476. The predicted octanol–water partition coefficient (Wildman–Crippen LogP) is 5.05. The van der Waals surface area contributed by atoms with E-state index in [-0.39, 0.29) is 6.10 Å². The van der Waals surface area contributed by atoms with Crippen molar-refractivity contribution in [1.82, 2.24) is 4.90 Å². The monoisotopic (exact) mass is 393 g/mol. The summed E-state index contributed by atoms with van der Waals surface area (Å²) in [5.74, 6) is 0. The highest BCUT2D eigenvalue weighted by molar-refractivity contribution is 5.29. The van der Waals surface area contributed by atoms with Gasteiger partial charge in [-0.25, -0.2) is 0 Å². The van der Waals surface area contributed by atoms with Gasteiger partial charge in [-0.2, -0.15) is 0 Å². The van der Waals surface area contributed by atoms with Gasteiger partial charge in [0.2, 0.25) is 0 Å². The van der Waals surface area contributed by atoms with Crippen molar-refractivity contribution >= 4 is 0 Å². The summed E-state index contributed by atoms with van der Waals surface area (Å²) < 4.78 is 6.29. The van der Waals surface area contributed by atoms with E-state index in [0.717, 1.165) is 17.7 Å². The molecule has 1 saturated carbocycles. The van der Waals surface area contributed by atoms with Crippen LogP contribution in [0.2, 0.25) is 0 Å². The van der Waals surface area contributed by atoms with Crippen molar-refractivity contribution in [3.05, 3.63) is 71.8 Å². The van der Waals surface area contributed by atoms with Gasteiger partial charge in [-0.05, 0) is 41.2 Å². The summed E-state index contributed by atoms with van der Waals surface area (Å²) >= 11 is 0. The van der Waals surface area contributed by atoms with Crippen molar-refractivity contribution in [2.45, 2.75) is 58.3 Å². The first-order valence-electron chi connectivity index (χ1n) is 11.0. The highest BCUT2D eigenvalue weighted by atomic mass is 16.5. The molecule has 4 rings (SSSR count). The number of likely N-dealkylation sites (tertiary alicyclic amines) is 1. The molecule has 1 N–H and O–H groups in total. The molecule has 3 atom stereocenters. The lowest BCUT2D eigenvalue weighted by Gasteiger charge is -2.40. The Labute approximate surface area is 175 Å². The van der Waals surface area contributed by atoms with Gasteiger partial charge in [0.05, 0.1) is 12.7 Å². The number of rotatable bonds is 7. The number of hydrogen-bond acceptors (Lipinski definition) is 3. The van der Waals surface area contributed by atoms with Crippen molar-refractivity contribution in [3.63, 3.8) is 0 Å². The van der Waals surface area contributed by atoms with Gasteiger partial charge in [-0.15, -0.1) is 0 Å². The molecule has 0 radical (unpaired) electrons. The average Bonchev–Trinajstić information content (AvgIpc) is 2.91. The standard InChI is InChI=1S/C26H35NO2/c1-25(2)14-22-15-26(3,18-25)19-27(22)16-23(28)17-29-24(20-10-6-4-7-11-20)21-12-8-5-9-13-21/h4-13,22-24,28H,14-19H2,1-3H3/t22-,23-,26+/m0/s1. The Hall–Kier alpha value is -1.68. The normalized spacial score (nSPS) is 27.3. The van der Waals surface area contributed by atoms with E-state index in [9.17, 15) is 5.11 Å². The summed E-state index contributed by atoms with van der Waals surface area (Å²) in [7, 11) is 0. The molecule has 29 heavy (non-hydrogen) atoms. The van der Waals surface area contributed by atoms with E-state index in [1.54, 1.807) is 0 Å². The highest BCUT2D eigenvalue weighted by Gasteiger charge is 2.49. The zero-order valence-electron chi connectivity index (χ0n) is 18.1. The first-order chi connectivity index (χ1) is 13.8. The molecule has 1 aliphatic heterocycles. The first-order valence-corrected chi connectivity index (χ1v) is 11.0. The van der Waals surface area contributed by atoms with Crippen LogP contribution in [-0.4, -0.2) is 41.8 Å². The molecule has 0 aromatic heterocycles. The van der Waals surface area contributed by atoms with Crippen molar-refractivity contribution < 1.29 is 9.84 Å². The number of nitrogens with zero attached hydrogens (tertiary/aromatic N) is 1. The van der Waals surface area contributed by atoms with E-state index in [0.29, 0.717) is 30.0 Å². The van der Waals surface area contributed by atoms with Crippen LogP contribution in [0.25, 0.3) is 0 Å². The van der Waals surface area contributed by atoms with Crippen molar-refractivity contribution in [1.29, 1.82) is 0 Å². The lowest BCUT2D eigenvalue weighted by Crippen LogP contribution is -2.39. The molecule has 0 unspecified atom stereocenters. The Morgan fingerprint density at radius 2 is 1.55 bits per heavy atom. The quantitative estimate of drug-likeness (QED) is 0.714. The Morgan fingerprint density at radius 1 is 0.966 bits per heavy atom. The van der Waals surface area contributed by atoms with Gasteiger partial charge in [0.1, 0.15) is 6.10 Å². The lowest BCUT2D eigenvalue weighted by molar-refractivity contribution is -0.0112. The molecular formula is C26H35NO2. The van der Waals surface area contributed by atoms with E-state index < -0.39 is 6.10 Å². The van der Waals surface area contributed by atoms with Crippen LogP contribution in [-0.2, 0) is 4.74 Å². The van der Waals surface area contributed by atoms with Crippen LogP contribution in [0.3, 0.4) is 0 Å². The molecule has 2 aromatic rings. The fourth-order valence-corrected chi connectivity index (χ4v) is 5.96. The van der Waals surface area contributed by atoms with Crippen LogP contribution in [0, 0.1) is 10.8 Å². The Balaban J connectivity index is 1.40. The predicted molar refractivity (Wildman–Crippen MR) is 118 cm³/mol. The van der Waals surface area contributed by atoms with Gasteiger partial charge in [-0.1, -0.05) is 81.4 Å². The molecule has 0 amide bonds. The van der Waals surface area contributed by atoms with Crippen LogP contribution in [0.1, 0.15) is 57.3 Å². The van der Waals surface area contributed by atoms with Gasteiger partial charge < -0.3 is 9.84 Å². The Kier molecular flexibility index (Phi) is 5.83. The lowest BCUT2D eigenvalue weighted by atomic mass is 9.65. The molecule has 2 bridgehead atoms. The number of benzene rings is 2. The van der Waals surface area contributed by atoms with Crippen molar-refractivity contribution in [2.75, 3.05) is 19.7 Å². The number of β-amino-alcohol motifs (C(OH)–C–C–N with tert-alkyl or cyclic N) is 1. The summed E-state index contributed by atoms with van der Waals surface area (Å²) in [6.07, 6.45) is 3.15. The van der Waals surface area contributed by atoms with Gasteiger partial charge in [0, 0.05) is 19.1 Å². The SMILES string of the molecule is CC1(C)C[C@H]2C[C@@](C)(CN2C[C@H](O)COC(c2ccccc2)c2ccccc2)C1. The molecule has 3 nitrogen and oxygen atoms in total. The van der Waals surface area contributed by atoms with E-state index in [2.05, 4.69) is 49.9 Å². The van der Waals surface area contributed by atoms with Crippen molar-refractivity contribution in [2.24, 2.45) is 10.8 Å². The molecule has 1 saturated heterocycles. The van der Waals surface area contributed by atoms with Gasteiger partial charge in [0.25, 0.3) is 0 Å². The topological polar surface area (TPSA) is 32.7 Å². The fourth-order valence-electron chi connectivity index (χ4n) is 5.96. The maximum atomic E-state index is 10.8. The van der Waals surface area contributed by atoms with Crippen LogP contribution in [0.15, 0.2) is 60.7 Å². The van der Waals surface area contributed by atoms with Crippen LogP contribution in [0.5, 0.6) is 0 Å². The van der Waals surface area contributed by atoms with Crippen LogP contribution >= 0.6 is 0 Å². The molecular weight excluding hydrogens is 358 g/mol. The van der Waals surface area contributed by atoms with E-state index in [1.807, 2.05) is 36.4 Å². The third-order valence-electron chi connectivity index (χ3n) is 6.63. The molecule has 156 valence electrons. The van der Waals surface area contributed by atoms with Crippen LogP contribution < -0.4 is 0 Å². The third-order valence-corrected chi connectivity index (χ3v) is 6.63. The molecule has 2 aromatic carbocycles. The number of hydrogen-bond donors (Lipinski definition) is 1. The van der Waals surface area contributed by atoms with E-state index in [4.69, 9.17) is 4.74 Å². The second-order valence-corrected chi connectivity index (χ2v) is 10.3. The van der Waals surface area contributed by atoms with E-state index in [1.165, 1.54) is 19.3 Å². The second kappa shape index (κ2) is 8.22. The number of fused-ring (bicyclic) bond motifs is 2. The number of ether oxygens (including phenoxy) is 1. The number of aliphatic hydroxyl groups excluding tert-OH is 1. The van der Waals surface area contributed by atoms with Crippen molar-refractivity contribution in [3.8, 4) is 0 Å². The molecule has 1 aliphatic carbocycles. The smallest absolute Gasteiger partial charge is 0.108 e. The fraction of sp³-hybridized carbons (Fsp3) is 0.538. The summed E-state index contributed by atoms with van der Waals surface area (Å²) in [4.78, 5) is 2.52. The van der Waals surface area contributed by atoms with Gasteiger partial charge in [0.15, 0.2) is 0 Å². The van der Waals surface area contributed by atoms with Gasteiger partial charge in [-0.3, -0.25) is 4.90 Å². The summed E-state index contributed by atoms with van der Waals surface area (Å²) in [5.41, 5.74) is 3.04.